The van der Waals surface area contributed by atoms with Gasteiger partial charge in [0.25, 0.3) is 0 Å². The maximum Gasteiger partial charge on any atom is 0.123 e. The summed E-state index contributed by atoms with van der Waals surface area (Å²) in [5.74, 6) is 0.804. The summed E-state index contributed by atoms with van der Waals surface area (Å²) < 4.78 is 7.18. The normalized spacial score (nSPS) is 12.5. The Kier molecular flexibility index (Phi) is 4.35. The molecule has 108 valence electrons. The molecule has 1 aromatic carbocycles. The number of rotatable bonds is 4. The van der Waals surface area contributed by atoms with Gasteiger partial charge in [-0.3, -0.25) is 4.68 Å². The quantitative estimate of drug-likeness (QED) is 0.943. The largest absolute Gasteiger partial charge is 0.496 e. The highest BCUT2D eigenvalue weighted by atomic mass is 35.5. The van der Waals surface area contributed by atoms with Crippen molar-refractivity contribution in [3.8, 4) is 5.75 Å². The molecular weight excluding hydrogens is 274 g/mol. The van der Waals surface area contributed by atoms with Crippen LogP contribution in [0, 0.1) is 13.8 Å². The highest BCUT2D eigenvalue weighted by Crippen LogP contribution is 2.29. The third-order valence-electron chi connectivity index (χ3n) is 3.46. The minimum Gasteiger partial charge on any atom is -0.496 e. The minimum atomic E-state index is -0.183. The zero-order valence-electron chi connectivity index (χ0n) is 12.3. The number of benzene rings is 1. The summed E-state index contributed by atoms with van der Waals surface area (Å²) in [5, 5.41) is 5.00. The van der Waals surface area contributed by atoms with E-state index in [1.807, 2.05) is 33.0 Å². The molecule has 1 heterocycles. The van der Waals surface area contributed by atoms with Crippen molar-refractivity contribution in [3.63, 3.8) is 0 Å². The number of ether oxygens (including phenoxy) is 1. The number of hydrogen-bond acceptors (Lipinski definition) is 3. The van der Waals surface area contributed by atoms with Gasteiger partial charge >= 0.3 is 0 Å². The molecule has 2 rings (SSSR count). The van der Waals surface area contributed by atoms with Gasteiger partial charge in [-0.25, -0.2) is 0 Å². The van der Waals surface area contributed by atoms with E-state index < -0.39 is 0 Å². The Hall–Kier alpha value is -1.52. The summed E-state index contributed by atoms with van der Waals surface area (Å²) in [5.41, 5.74) is 10.3. The molecule has 0 aliphatic rings. The fourth-order valence-corrected chi connectivity index (χ4v) is 2.60. The molecule has 2 N–H and O–H groups in total. The molecule has 0 saturated heterocycles. The third-order valence-corrected chi connectivity index (χ3v) is 3.95. The van der Waals surface area contributed by atoms with Crippen LogP contribution in [0.25, 0.3) is 0 Å². The number of nitrogens with zero attached hydrogens (tertiary/aromatic N) is 2. The lowest BCUT2D eigenvalue weighted by atomic mass is 9.99. The van der Waals surface area contributed by atoms with Crippen LogP contribution in [0.5, 0.6) is 5.75 Å². The summed E-state index contributed by atoms with van der Waals surface area (Å²) in [6.45, 7) is 3.93. The van der Waals surface area contributed by atoms with Crippen molar-refractivity contribution < 1.29 is 4.74 Å². The van der Waals surface area contributed by atoms with E-state index in [9.17, 15) is 0 Å². The molecule has 1 aromatic heterocycles. The first kappa shape index (κ1) is 14.9. The number of aromatic nitrogens is 2. The molecule has 1 atom stereocenters. The first-order valence-electron chi connectivity index (χ1n) is 6.52. The zero-order valence-corrected chi connectivity index (χ0v) is 13.0. The Morgan fingerprint density at radius 2 is 2.10 bits per heavy atom. The number of hydrogen-bond donors (Lipinski definition) is 1. The van der Waals surface area contributed by atoms with E-state index in [1.165, 1.54) is 0 Å². The van der Waals surface area contributed by atoms with Crippen molar-refractivity contribution in [2.45, 2.75) is 26.3 Å². The standard InChI is InChI=1S/C15H20ClN3O/c1-9-5-6-14(20-4)11(7-9)12(17)8-13-15(16)10(2)18-19(13)3/h5-7,12H,8,17H2,1-4H3. The molecule has 0 amide bonds. The lowest BCUT2D eigenvalue weighted by molar-refractivity contribution is 0.405. The second-order valence-corrected chi connectivity index (χ2v) is 5.40. The van der Waals surface area contributed by atoms with E-state index in [0.29, 0.717) is 11.4 Å². The van der Waals surface area contributed by atoms with Crippen LogP contribution in [0.2, 0.25) is 5.02 Å². The third kappa shape index (κ3) is 2.81. The summed E-state index contributed by atoms with van der Waals surface area (Å²) in [6, 6.07) is 5.83. The minimum absolute atomic E-state index is 0.183. The van der Waals surface area contributed by atoms with Crippen molar-refractivity contribution in [2.24, 2.45) is 12.8 Å². The molecule has 4 nitrogen and oxygen atoms in total. The van der Waals surface area contributed by atoms with Crippen LogP contribution >= 0.6 is 11.6 Å². The van der Waals surface area contributed by atoms with Crippen molar-refractivity contribution in [3.05, 3.63) is 45.7 Å². The Morgan fingerprint density at radius 1 is 1.40 bits per heavy atom. The summed E-state index contributed by atoms with van der Waals surface area (Å²) in [6.07, 6.45) is 0.621. The predicted octanol–water partition coefficient (Wildman–Crippen LogP) is 2.94. The van der Waals surface area contributed by atoms with Gasteiger partial charge < -0.3 is 10.5 Å². The highest BCUT2D eigenvalue weighted by molar-refractivity contribution is 6.31. The van der Waals surface area contributed by atoms with Gasteiger partial charge in [-0.2, -0.15) is 5.10 Å². The molecule has 0 radical (unpaired) electrons. The molecule has 1 unspecified atom stereocenters. The van der Waals surface area contributed by atoms with E-state index in [2.05, 4.69) is 11.2 Å². The molecule has 2 aromatic rings. The lowest BCUT2D eigenvalue weighted by Gasteiger charge is -2.17. The molecule has 0 aliphatic carbocycles. The van der Waals surface area contributed by atoms with Crippen molar-refractivity contribution >= 4 is 11.6 Å². The molecule has 0 aliphatic heterocycles. The van der Waals surface area contributed by atoms with Crippen LogP contribution in [0.3, 0.4) is 0 Å². The van der Waals surface area contributed by atoms with Gasteiger partial charge in [0, 0.05) is 25.1 Å². The second kappa shape index (κ2) is 5.85. The Labute approximate surface area is 124 Å². The smallest absolute Gasteiger partial charge is 0.123 e. The second-order valence-electron chi connectivity index (χ2n) is 5.03. The van der Waals surface area contributed by atoms with Crippen molar-refractivity contribution in [1.82, 2.24) is 9.78 Å². The summed E-state index contributed by atoms with van der Waals surface area (Å²) in [7, 11) is 3.54. The van der Waals surface area contributed by atoms with E-state index in [0.717, 1.165) is 28.3 Å². The van der Waals surface area contributed by atoms with Crippen molar-refractivity contribution in [1.29, 1.82) is 0 Å². The molecule has 0 bridgehead atoms. The van der Waals surface area contributed by atoms with Crippen LogP contribution < -0.4 is 10.5 Å². The summed E-state index contributed by atoms with van der Waals surface area (Å²) >= 11 is 6.28. The van der Waals surface area contributed by atoms with Gasteiger partial charge in [-0.1, -0.05) is 29.3 Å². The van der Waals surface area contributed by atoms with Crippen LogP contribution in [0.4, 0.5) is 0 Å². The highest BCUT2D eigenvalue weighted by Gasteiger charge is 2.18. The monoisotopic (exact) mass is 293 g/mol. The number of methoxy groups -OCH3 is 1. The molecular formula is C15H20ClN3O. The fourth-order valence-electron chi connectivity index (χ4n) is 2.36. The van der Waals surface area contributed by atoms with Gasteiger partial charge in [0.15, 0.2) is 0 Å². The maximum atomic E-state index is 6.34. The van der Waals surface area contributed by atoms with Gasteiger partial charge in [0.1, 0.15) is 5.75 Å². The first-order chi connectivity index (χ1) is 9.43. The Morgan fingerprint density at radius 3 is 2.65 bits per heavy atom. The van der Waals surface area contributed by atoms with E-state index in [4.69, 9.17) is 22.1 Å². The topological polar surface area (TPSA) is 53.1 Å². The summed E-state index contributed by atoms with van der Waals surface area (Å²) in [4.78, 5) is 0. The average Bonchev–Trinajstić information content (AvgIpc) is 2.65. The predicted molar refractivity (Wildman–Crippen MR) is 81.3 cm³/mol. The lowest BCUT2D eigenvalue weighted by Crippen LogP contribution is -2.16. The molecule has 5 heteroatoms. The first-order valence-corrected chi connectivity index (χ1v) is 6.90. The fraction of sp³-hybridized carbons (Fsp3) is 0.400. The van der Waals surface area contributed by atoms with E-state index >= 15 is 0 Å². The number of nitrogens with two attached hydrogens (primary N) is 1. The van der Waals surface area contributed by atoms with Gasteiger partial charge in [0.2, 0.25) is 0 Å². The molecule has 20 heavy (non-hydrogen) atoms. The van der Waals surface area contributed by atoms with E-state index in [1.54, 1.807) is 11.8 Å². The average molecular weight is 294 g/mol. The van der Waals surface area contributed by atoms with Crippen LogP contribution in [0.15, 0.2) is 18.2 Å². The molecule has 0 spiro atoms. The van der Waals surface area contributed by atoms with Crippen LogP contribution in [-0.4, -0.2) is 16.9 Å². The van der Waals surface area contributed by atoms with Gasteiger partial charge in [-0.15, -0.1) is 0 Å². The van der Waals surface area contributed by atoms with Gasteiger partial charge in [0.05, 0.1) is 23.5 Å². The van der Waals surface area contributed by atoms with E-state index in [-0.39, 0.29) is 6.04 Å². The molecule has 0 saturated carbocycles. The zero-order chi connectivity index (χ0) is 14.9. The van der Waals surface area contributed by atoms with Crippen LogP contribution in [-0.2, 0) is 13.5 Å². The van der Waals surface area contributed by atoms with Crippen molar-refractivity contribution in [2.75, 3.05) is 7.11 Å². The molecule has 0 fully saturated rings. The maximum absolute atomic E-state index is 6.34. The number of halogens is 1. The number of aryl methyl sites for hydroxylation is 3. The Bertz CT molecular complexity index is 622. The SMILES string of the molecule is COc1ccc(C)cc1C(N)Cc1c(Cl)c(C)nn1C. The Balaban J connectivity index is 2.32. The van der Waals surface area contributed by atoms with Crippen LogP contribution in [0.1, 0.15) is 28.6 Å². The van der Waals surface area contributed by atoms with Gasteiger partial charge in [-0.05, 0) is 19.9 Å².